The number of hydrogen-bond acceptors (Lipinski definition) is 5. The molecule has 0 saturated carbocycles. The minimum absolute atomic E-state index is 0.709. The Balaban J connectivity index is 2.02. The van der Waals surface area contributed by atoms with Crippen LogP contribution in [-0.2, 0) is 0 Å². The number of halogens is 1. The Bertz CT molecular complexity index is 440. The first-order chi connectivity index (χ1) is 9.60. The van der Waals surface area contributed by atoms with Crippen LogP contribution in [0.3, 0.4) is 0 Å². The van der Waals surface area contributed by atoms with E-state index in [0.717, 1.165) is 35.7 Å². The van der Waals surface area contributed by atoms with Crippen LogP contribution in [0.4, 0.5) is 11.8 Å². The number of nitrogens with one attached hydrogen (secondary N) is 1. The highest BCUT2D eigenvalue weighted by Crippen LogP contribution is 2.25. The van der Waals surface area contributed by atoms with Crippen LogP contribution in [0, 0.1) is 5.92 Å². The maximum Gasteiger partial charge on any atom is 0.224 e. The fourth-order valence-electron chi connectivity index (χ4n) is 2.60. The molecule has 1 aromatic rings. The molecular formula is C14H24BrN5. The molecule has 5 nitrogen and oxygen atoms in total. The van der Waals surface area contributed by atoms with Crippen molar-refractivity contribution in [3.05, 3.63) is 10.7 Å². The quantitative estimate of drug-likeness (QED) is 0.860. The van der Waals surface area contributed by atoms with Crippen molar-refractivity contribution in [2.45, 2.75) is 19.8 Å². The van der Waals surface area contributed by atoms with Gasteiger partial charge in [0.25, 0.3) is 0 Å². The van der Waals surface area contributed by atoms with Crippen LogP contribution in [0.2, 0.25) is 0 Å². The maximum atomic E-state index is 4.61. The molecule has 2 rings (SSSR count). The van der Waals surface area contributed by atoms with Gasteiger partial charge in [0.2, 0.25) is 5.95 Å². The van der Waals surface area contributed by atoms with Gasteiger partial charge in [0.15, 0.2) is 0 Å². The summed E-state index contributed by atoms with van der Waals surface area (Å²) < 4.78 is 0.952. The first kappa shape index (κ1) is 15.5. The predicted molar refractivity (Wildman–Crippen MR) is 87.4 cm³/mol. The Morgan fingerprint density at radius 1 is 1.55 bits per heavy atom. The summed E-state index contributed by atoms with van der Waals surface area (Å²) in [6.45, 7) is 6.45. The van der Waals surface area contributed by atoms with E-state index in [2.05, 4.69) is 62.0 Å². The molecule has 0 aromatic carbocycles. The Kier molecular flexibility index (Phi) is 5.60. The lowest BCUT2D eigenvalue weighted by molar-refractivity contribution is 0.395. The third-order valence-corrected chi connectivity index (χ3v) is 4.20. The molecule has 1 N–H and O–H groups in total. The second-order valence-corrected chi connectivity index (χ2v) is 6.44. The van der Waals surface area contributed by atoms with Crippen molar-refractivity contribution < 1.29 is 0 Å². The summed E-state index contributed by atoms with van der Waals surface area (Å²) in [4.78, 5) is 13.5. The number of anilines is 2. The second-order valence-electron chi connectivity index (χ2n) is 5.59. The number of rotatable bonds is 6. The van der Waals surface area contributed by atoms with E-state index in [1.807, 2.05) is 6.20 Å². The Morgan fingerprint density at radius 2 is 2.35 bits per heavy atom. The van der Waals surface area contributed by atoms with Gasteiger partial charge in [-0.25, -0.2) is 4.98 Å². The van der Waals surface area contributed by atoms with E-state index in [-0.39, 0.29) is 0 Å². The third kappa shape index (κ3) is 4.06. The molecule has 6 heteroatoms. The zero-order valence-corrected chi connectivity index (χ0v) is 14.2. The molecule has 1 aliphatic heterocycles. The van der Waals surface area contributed by atoms with Crippen LogP contribution in [0.5, 0.6) is 0 Å². The molecule has 2 heterocycles. The van der Waals surface area contributed by atoms with E-state index in [1.165, 1.54) is 19.5 Å². The molecule has 0 spiro atoms. The molecular weight excluding hydrogens is 318 g/mol. The monoisotopic (exact) mass is 341 g/mol. The third-order valence-electron chi connectivity index (χ3n) is 3.64. The SMILES string of the molecule is CCCNc1ncc(Br)c(N(C)CC2CCN(C)C2)n1. The van der Waals surface area contributed by atoms with Gasteiger partial charge in [-0.2, -0.15) is 4.98 Å². The van der Waals surface area contributed by atoms with E-state index in [4.69, 9.17) is 0 Å². The molecule has 112 valence electrons. The summed E-state index contributed by atoms with van der Waals surface area (Å²) >= 11 is 3.56. The van der Waals surface area contributed by atoms with Gasteiger partial charge in [-0.05, 0) is 48.3 Å². The normalized spacial score (nSPS) is 19.3. The predicted octanol–water partition coefficient (Wildman–Crippen LogP) is 2.45. The Hall–Kier alpha value is -0.880. The summed E-state index contributed by atoms with van der Waals surface area (Å²) in [6.07, 6.45) is 4.17. The molecule has 0 aliphatic carbocycles. The fourth-order valence-corrected chi connectivity index (χ4v) is 3.09. The minimum atomic E-state index is 0.709. The molecule has 1 aliphatic rings. The van der Waals surface area contributed by atoms with Crippen molar-refractivity contribution in [3.8, 4) is 0 Å². The first-order valence-corrected chi connectivity index (χ1v) is 8.05. The Labute approximate surface area is 129 Å². The maximum absolute atomic E-state index is 4.61. The van der Waals surface area contributed by atoms with Gasteiger partial charge < -0.3 is 15.1 Å². The van der Waals surface area contributed by atoms with E-state index < -0.39 is 0 Å². The zero-order chi connectivity index (χ0) is 14.5. The summed E-state index contributed by atoms with van der Waals surface area (Å²) in [5.41, 5.74) is 0. The minimum Gasteiger partial charge on any atom is -0.358 e. The van der Waals surface area contributed by atoms with Gasteiger partial charge in [-0.3, -0.25) is 0 Å². The molecule has 1 atom stereocenters. The molecule has 1 fully saturated rings. The van der Waals surface area contributed by atoms with Gasteiger partial charge in [-0.1, -0.05) is 6.92 Å². The molecule has 1 unspecified atom stereocenters. The number of aromatic nitrogens is 2. The van der Waals surface area contributed by atoms with Crippen LogP contribution in [0.25, 0.3) is 0 Å². The number of likely N-dealkylation sites (tertiary alicyclic amines) is 1. The molecule has 1 saturated heterocycles. The Morgan fingerprint density at radius 3 is 3.00 bits per heavy atom. The summed E-state index contributed by atoms with van der Waals surface area (Å²) in [5, 5.41) is 3.24. The molecule has 20 heavy (non-hydrogen) atoms. The van der Waals surface area contributed by atoms with E-state index >= 15 is 0 Å². The molecule has 0 amide bonds. The average Bonchev–Trinajstić information content (AvgIpc) is 2.83. The first-order valence-electron chi connectivity index (χ1n) is 7.26. The van der Waals surface area contributed by atoms with Crippen molar-refractivity contribution >= 4 is 27.7 Å². The van der Waals surface area contributed by atoms with Gasteiger partial charge in [0, 0.05) is 32.9 Å². The highest BCUT2D eigenvalue weighted by atomic mass is 79.9. The zero-order valence-electron chi connectivity index (χ0n) is 12.6. The second kappa shape index (κ2) is 7.22. The van der Waals surface area contributed by atoms with Gasteiger partial charge in [-0.15, -0.1) is 0 Å². The van der Waals surface area contributed by atoms with Gasteiger partial charge >= 0.3 is 0 Å². The van der Waals surface area contributed by atoms with Crippen molar-refractivity contribution in [1.82, 2.24) is 14.9 Å². The van der Waals surface area contributed by atoms with E-state index in [0.29, 0.717) is 5.95 Å². The number of nitrogens with zero attached hydrogens (tertiary/aromatic N) is 4. The lowest BCUT2D eigenvalue weighted by Gasteiger charge is -2.23. The smallest absolute Gasteiger partial charge is 0.224 e. The lowest BCUT2D eigenvalue weighted by atomic mass is 10.1. The molecule has 0 bridgehead atoms. The van der Waals surface area contributed by atoms with E-state index in [1.54, 1.807) is 0 Å². The largest absolute Gasteiger partial charge is 0.358 e. The highest BCUT2D eigenvalue weighted by molar-refractivity contribution is 9.10. The highest BCUT2D eigenvalue weighted by Gasteiger charge is 2.22. The molecule has 1 aromatic heterocycles. The van der Waals surface area contributed by atoms with Crippen LogP contribution in [-0.4, -0.2) is 55.1 Å². The van der Waals surface area contributed by atoms with Crippen LogP contribution in [0.15, 0.2) is 10.7 Å². The summed E-state index contributed by atoms with van der Waals surface area (Å²) in [7, 11) is 4.29. The van der Waals surface area contributed by atoms with E-state index in [9.17, 15) is 0 Å². The summed E-state index contributed by atoms with van der Waals surface area (Å²) in [6, 6.07) is 0. The van der Waals surface area contributed by atoms with Gasteiger partial charge in [0.05, 0.1) is 4.47 Å². The standard InChI is InChI=1S/C14H24BrN5/c1-4-6-16-14-17-8-12(15)13(18-14)20(3)10-11-5-7-19(2)9-11/h8,11H,4-7,9-10H2,1-3H3,(H,16,17,18). The van der Waals surface area contributed by atoms with Crippen molar-refractivity contribution in [2.24, 2.45) is 5.92 Å². The number of hydrogen-bond donors (Lipinski definition) is 1. The topological polar surface area (TPSA) is 44.3 Å². The van der Waals surface area contributed by atoms with Crippen molar-refractivity contribution in [1.29, 1.82) is 0 Å². The van der Waals surface area contributed by atoms with Crippen molar-refractivity contribution in [2.75, 3.05) is 50.5 Å². The van der Waals surface area contributed by atoms with Crippen molar-refractivity contribution in [3.63, 3.8) is 0 Å². The van der Waals surface area contributed by atoms with Crippen LogP contribution in [0.1, 0.15) is 19.8 Å². The van der Waals surface area contributed by atoms with Gasteiger partial charge in [0.1, 0.15) is 5.82 Å². The average molecular weight is 342 g/mol. The summed E-state index contributed by atoms with van der Waals surface area (Å²) in [5.74, 6) is 2.40. The van der Waals surface area contributed by atoms with Crippen LogP contribution >= 0.6 is 15.9 Å². The lowest BCUT2D eigenvalue weighted by Crippen LogP contribution is -2.28. The fraction of sp³-hybridized carbons (Fsp3) is 0.714. The molecule has 0 radical (unpaired) electrons. The van der Waals surface area contributed by atoms with Crippen LogP contribution < -0.4 is 10.2 Å².